The second-order valence-electron chi connectivity index (χ2n) is 5.82. The first kappa shape index (κ1) is 20.0. The predicted molar refractivity (Wildman–Crippen MR) is 99.1 cm³/mol. The van der Waals surface area contributed by atoms with E-state index in [0.717, 1.165) is 16.7 Å². The Labute approximate surface area is 171 Å². The van der Waals surface area contributed by atoms with Gasteiger partial charge in [0.2, 0.25) is 0 Å². The van der Waals surface area contributed by atoms with Crippen molar-refractivity contribution < 1.29 is 42.1 Å². The molecular weight excluding hydrogens is 408 g/mol. The van der Waals surface area contributed by atoms with Crippen molar-refractivity contribution in [1.82, 2.24) is 0 Å². The molecule has 2 aromatic rings. The molecule has 3 rings (SSSR count). The van der Waals surface area contributed by atoms with E-state index in [4.69, 9.17) is 29.2 Å². The second-order valence-corrected chi connectivity index (χ2v) is 9.36. The summed E-state index contributed by atoms with van der Waals surface area (Å²) in [5.74, 6) is 1.75. The predicted octanol–water partition coefficient (Wildman–Crippen LogP) is 1.31. The molecule has 7 heteroatoms. The average molecular weight is 420 g/mol. The van der Waals surface area contributed by atoms with Gasteiger partial charge in [-0.05, 0) is 0 Å². The Balaban J connectivity index is 2.24. The topological polar surface area (TPSA) is 78.9 Å². The summed E-state index contributed by atoms with van der Waals surface area (Å²) in [6.45, 7) is 0. The molecule has 0 unspecified atom stereocenters. The number of fused-ring (bicyclic) bond motifs is 3. The molecule has 1 aliphatic carbocycles. The number of carbonyl (C=O) groups excluding carboxylic acids is 3. The molecule has 0 fully saturated rings. The van der Waals surface area contributed by atoms with Crippen LogP contribution in [0.5, 0.6) is 0 Å². The minimum atomic E-state index is -5.27. The van der Waals surface area contributed by atoms with Gasteiger partial charge in [-0.3, -0.25) is 0 Å². The van der Waals surface area contributed by atoms with E-state index in [1.54, 1.807) is 29.9 Å². The van der Waals surface area contributed by atoms with Gasteiger partial charge in [-0.2, -0.15) is 0 Å². The molecular formula is C22H12O6Ti. The quantitative estimate of drug-likeness (QED) is 0.468. The average Bonchev–Trinajstić information content (AvgIpc) is 3.11. The third kappa shape index (κ3) is 3.79. The van der Waals surface area contributed by atoms with E-state index in [1.165, 1.54) is 0 Å². The summed E-state index contributed by atoms with van der Waals surface area (Å²) in [6.07, 6.45) is 15.8. The van der Waals surface area contributed by atoms with E-state index in [9.17, 15) is 14.4 Å². The van der Waals surface area contributed by atoms with Crippen molar-refractivity contribution in [2.75, 3.05) is 0 Å². The van der Waals surface area contributed by atoms with Crippen LogP contribution in [0, 0.1) is 37.0 Å². The van der Waals surface area contributed by atoms with E-state index < -0.39 is 35.7 Å². The van der Waals surface area contributed by atoms with Crippen LogP contribution in [-0.2, 0) is 48.5 Å². The molecule has 1 aliphatic rings. The van der Waals surface area contributed by atoms with Crippen LogP contribution in [-0.4, -0.2) is 17.9 Å². The SMILES string of the molecule is C#CC(=O)[O][Ti]([O]C(=O)C#C)([O]C(=O)C#C)[c]1cccc2c1Cc1ccccc1-2. The minimum absolute atomic E-state index is 0.245. The Bertz CT molecular complexity index is 1090. The van der Waals surface area contributed by atoms with E-state index >= 15 is 0 Å². The van der Waals surface area contributed by atoms with Crippen LogP contribution in [0.4, 0.5) is 0 Å². The van der Waals surface area contributed by atoms with Crippen molar-refractivity contribution in [3.63, 3.8) is 0 Å². The van der Waals surface area contributed by atoms with Crippen LogP contribution in [0.1, 0.15) is 11.1 Å². The van der Waals surface area contributed by atoms with Crippen LogP contribution < -0.4 is 3.87 Å². The summed E-state index contributed by atoms with van der Waals surface area (Å²) < 4.78 is 16.1. The van der Waals surface area contributed by atoms with Crippen LogP contribution >= 0.6 is 0 Å². The van der Waals surface area contributed by atoms with Gasteiger partial charge in [-0.1, -0.05) is 0 Å². The number of hydrogen-bond donors (Lipinski definition) is 0. The first-order chi connectivity index (χ1) is 13.9. The number of benzene rings is 2. The van der Waals surface area contributed by atoms with Gasteiger partial charge in [-0.25, -0.2) is 0 Å². The Morgan fingerprint density at radius 1 is 0.759 bits per heavy atom. The zero-order valence-corrected chi connectivity index (χ0v) is 16.5. The maximum absolute atomic E-state index is 12.0. The molecule has 0 spiro atoms. The summed E-state index contributed by atoms with van der Waals surface area (Å²) in [4.78, 5) is 35.9. The molecule has 0 saturated heterocycles. The van der Waals surface area contributed by atoms with Crippen molar-refractivity contribution in [2.24, 2.45) is 0 Å². The molecule has 140 valence electrons. The maximum atomic E-state index is 12.0. The Kier molecular flexibility index (Phi) is 5.58. The van der Waals surface area contributed by atoms with Gasteiger partial charge in [0.25, 0.3) is 0 Å². The van der Waals surface area contributed by atoms with Crippen molar-refractivity contribution in [3.8, 4) is 48.2 Å². The molecule has 0 aromatic heterocycles. The Morgan fingerprint density at radius 2 is 1.28 bits per heavy atom. The van der Waals surface area contributed by atoms with Gasteiger partial charge in [0.1, 0.15) is 0 Å². The second kappa shape index (κ2) is 8.09. The molecule has 2 aromatic carbocycles. The fourth-order valence-corrected chi connectivity index (χ4v) is 6.65. The van der Waals surface area contributed by atoms with Gasteiger partial charge >= 0.3 is 172 Å². The van der Waals surface area contributed by atoms with Gasteiger partial charge in [0.15, 0.2) is 0 Å². The monoisotopic (exact) mass is 420 g/mol. The molecule has 0 atom stereocenters. The zero-order valence-electron chi connectivity index (χ0n) is 14.9. The molecule has 0 heterocycles. The van der Waals surface area contributed by atoms with Gasteiger partial charge in [-0.15, -0.1) is 0 Å². The van der Waals surface area contributed by atoms with Gasteiger partial charge < -0.3 is 0 Å². The van der Waals surface area contributed by atoms with Crippen LogP contribution in [0.2, 0.25) is 0 Å². The number of hydrogen-bond acceptors (Lipinski definition) is 6. The number of terminal acetylenes is 3. The molecule has 0 aliphatic heterocycles. The van der Waals surface area contributed by atoms with Gasteiger partial charge in [0, 0.05) is 0 Å². The Morgan fingerprint density at radius 3 is 1.83 bits per heavy atom. The Hall–Kier alpha value is -3.76. The van der Waals surface area contributed by atoms with Crippen molar-refractivity contribution >= 4 is 21.8 Å². The molecule has 0 N–H and O–H groups in total. The summed E-state index contributed by atoms with van der Waals surface area (Å²) in [5.41, 5.74) is 3.45. The fraction of sp³-hybridized carbons (Fsp3) is 0.0455. The summed E-state index contributed by atoms with van der Waals surface area (Å²) in [5, 5.41) is 0. The van der Waals surface area contributed by atoms with E-state index in [-0.39, 0.29) is 3.87 Å². The fourth-order valence-electron chi connectivity index (χ4n) is 3.13. The van der Waals surface area contributed by atoms with E-state index in [0.29, 0.717) is 12.0 Å². The van der Waals surface area contributed by atoms with Gasteiger partial charge in [0.05, 0.1) is 0 Å². The number of rotatable bonds is 4. The van der Waals surface area contributed by atoms with Crippen LogP contribution in [0.3, 0.4) is 0 Å². The van der Waals surface area contributed by atoms with Crippen molar-refractivity contribution in [1.29, 1.82) is 0 Å². The molecule has 0 bridgehead atoms. The molecule has 0 radical (unpaired) electrons. The summed E-state index contributed by atoms with van der Waals surface area (Å²) in [6, 6.07) is 12.7. The molecule has 0 saturated carbocycles. The first-order valence-corrected chi connectivity index (χ1v) is 10.9. The van der Waals surface area contributed by atoms with E-state index in [2.05, 4.69) is 0 Å². The normalized spacial score (nSPS) is 10.9. The molecule has 0 amide bonds. The van der Waals surface area contributed by atoms with E-state index in [1.807, 2.05) is 30.3 Å². The number of carbonyl (C=O) groups is 3. The third-order valence-corrected chi connectivity index (χ3v) is 8.10. The summed E-state index contributed by atoms with van der Waals surface area (Å²) in [7, 11) is 0. The third-order valence-electron chi connectivity index (χ3n) is 4.22. The first-order valence-electron chi connectivity index (χ1n) is 8.23. The van der Waals surface area contributed by atoms with Crippen LogP contribution in [0.25, 0.3) is 11.1 Å². The van der Waals surface area contributed by atoms with Crippen molar-refractivity contribution in [3.05, 3.63) is 53.6 Å². The standard InChI is InChI=1S/C13H9.3C3H2O2.Ti/c1-3-7-12-10(5-1)9-11-6-2-4-8-13(11)12;3*1-2-3(4)5;/h1-5,7-8H,9H2;3*1H,(H,4,5);/q;;;;+3/p-3. The molecule has 6 nitrogen and oxygen atoms in total. The van der Waals surface area contributed by atoms with Crippen LogP contribution in [0.15, 0.2) is 42.5 Å². The summed E-state index contributed by atoms with van der Waals surface area (Å²) >= 11 is -5.27. The zero-order chi connectivity index (χ0) is 21.0. The molecule has 29 heavy (non-hydrogen) atoms. The van der Waals surface area contributed by atoms with Crippen molar-refractivity contribution in [2.45, 2.75) is 6.42 Å².